The summed E-state index contributed by atoms with van der Waals surface area (Å²) < 4.78 is 19.7. The first-order valence-electron chi connectivity index (χ1n) is 13.0. The molecule has 3 aromatic carbocycles. The van der Waals surface area contributed by atoms with Crippen LogP contribution in [0.2, 0.25) is 10.2 Å². The number of nitrogens with one attached hydrogen (secondary N) is 2. The number of ether oxygens (including phenoxy) is 1. The molecule has 2 N–H and O–H groups in total. The molecular weight excluding hydrogens is 610 g/mol. The summed E-state index contributed by atoms with van der Waals surface area (Å²) in [6.45, 7) is 0. The lowest BCUT2D eigenvalue weighted by Crippen LogP contribution is -2.29. The smallest absolute Gasteiger partial charge is 0.411 e. The molecule has 0 saturated heterocycles. The van der Waals surface area contributed by atoms with Gasteiger partial charge in [0.05, 0.1) is 24.5 Å². The van der Waals surface area contributed by atoms with E-state index in [9.17, 15) is 14.0 Å². The fourth-order valence-corrected chi connectivity index (χ4v) is 4.66. The zero-order valence-corrected chi connectivity index (χ0v) is 24.5. The third-order valence-electron chi connectivity index (χ3n) is 6.42. The summed E-state index contributed by atoms with van der Waals surface area (Å²) in [6.07, 6.45) is 4.06. The summed E-state index contributed by atoms with van der Waals surface area (Å²) in [5.74, 6) is -0.813. The first-order chi connectivity index (χ1) is 21.3. The van der Waals surface area contributed by atoms with Gasteiger partial charge < -0.3 is 10.1 Å². The Labute approximate surface area is 260 Å². The number of rotatable bonds is 9. The Bertz CT molecular complexity index is 1800. The van der Waals surface area contributed by atoms with Gasteiger partial charge in [0, 0.05) is 27.9 Å². The fourth-order valence-electron chi connectivity index (χ4n) is 4.28. The Hall–Kier alpha value is -5.20. The topological polar surface area (TPSA) is 137 Å². The van der Waals surface area contributed by atoms with Crippen LogP contribution in [0.1, 0.15) is 22.9 Å². The van der Waals surface area contributed by atoms with Crippen LogP contribution in [-0.4, -0.2) is 49.5 Å². The normalized spacial score (nSPS) is 11.7. The van der Waals surface area contributed by atoms with E-state index < -0.39 is 18.0 Å². The SMILES string of the molecule is COC(=O)Nc1ccc(-c2cc([C@H](Cc3ccc(F)cc3)NC(=O)C=Cc3cc(Cl)ccc3-n3cnnn3)nnc2Cl)cc1. The Morgan fingerprint density at radius 2 is 1.80 bits per heavy atom. The van der Waals surface area contributed by atoms with Gasteiger partial charge in [-0.05, 0) is 82.6 Å². The van der Waals surface area contributed by atoms with E-state index in [1.807, 2.05) is 0 Å². The third-order valence-corrected chi connectivity index (χ3v) is 6.94. The second-order valence-electron chi connectivity index (χ2n) is 9.35. The molecule has 5 aromatic rings. The second kappa shape index (κ2) is 13.8. The lowest BCUT2D eigenvalue weighted by Gasteiger charge is -2.18. The van der Waals surface area contributed by atoms with E-state index in [1.54, 1.807) is 66.7 Å². The highest BCUT2D eigenvalue weighted by molar-refractivity contribution is 6.32. The van der Waals surface area contributed by atoms with Crippen LogP contribution in [-0.2, 0) is 16.0 Å². The Morgan fingerprint density at radius 1 is 1.02 bits per heavy atom. The maximum Gasteiger partial charge on any atom is 0.411 e. The molecule has 11 nitrogen and oxygen atoms in total. The van der Waals surface area contributed by atoms with Crippen molar-refractivity contribution in [2.75, 3.05) is 12.4 Å². The molecule has 0 bridgehead atoms. The summed E-state index contributed by atoms with van der Waals surface area (Å²) in [6, 6.07) is 19.0. The summed E-state index contributed by atoms with van der Waals surface area (Å²) in [4.78, 5) is 24.8. The quantitative estimate of drug-likeness (QED) is 0.193. The van der Waals surface area contributed by atoms with Crippen molar-refractivity contribution in [1.29, 1.82) is 0 Å². The number of hydrogen-bond donors (Lipinski definition) is 2. The molecule has 0 unspecified atom stereocenters. The number of anilines is 1. The van der Waals surface area contributed by atoms with Crippen LogP contribution >= 0.6 is 23.2 Å². The zero-order chi connectivity index (χ0) is 31.1. The van der Waals surface area contributed by atoms with E-state index in [1.165, 1.54) is 36.3 Å². The molecule has 14 heteroatoms. The molecule has 0 spiro atoms. The molecule has 0 aliphatic carbocycles. The van der Waals surface area contributed by atoms with Crippen LogP contribution in [0, 0.1) is 5.82 Å². The minimum Gasteiger partial charge on any atom is -0.453 e. The number of hydrogen-bond acceptors (Lipinski definition) is 8. The van der Waals surface area contributed by atoms with Gasteiger partial charge in [-0.25, -0.2) is 9.18 Å². The third kappa shape index (κ3) is 7.60. The highest BCUT2D eigenvalue weighted by Crippen LogP contribution is 2.30. The fraction of sp³-hybridized carbons (Fsp3) is 0.100. The predicted octanol–water partition coefficient (Wildman–Crippen LogP) is 5.86. The van der Waals surface area contributed by atoms with Gasteiger partial charge in [-0.2, -0.15) is 9.78 Å². The highest BCUT2D eigenvalue weighted by atomic mass is 35.5. The van der Waals surface area contributed by atoms with Crippen LogP contribution in [0.3, 0.4) is 0 Å². The van der Waals surface area contributed by atoms with Crippen molar-refractivity contribution < 1.29 is 18.7 Å². The summed E-state index contributed by atoms with van der Waals surface area (Å²) in [5.41, 5.74) is 4.18. The molecule has 2 aromatic heterocycles. The van der Waals surface area contributed by atoms with Gasteiger partial charge in [0.25, 0.3) is 0 Å². The van der Waals surface area contributed by atoms with Crippen molar-refractivity contribution >= 4 is 47.0 Å². The van der Waals surface area contributed by atoms with Crippen molar-refractivity contribution in [3.63, 3.8) is 0 Å². The minimum absolute atomic E-state index is 0.144. The molecule has 44 heavy (non-hydrogen) atoms. The zero-order valence-electron chi connectivity index (χ0n) is 23.0. The minimum atomic E-state index is -0.667. The van der Waals surface area contributed by atoms with Gasteiger partial charge in [-0.1, -0.05) is 47.5 Å². The average molecular weight is 633 g/mol. The average Bonchev–Trinajstić information content (AvgIpc) is 3.56. The number of methoxy groups -OCH3 is 1. The molecule has 0 radical (unpaired) electrons. The van der Waals surface area contributed by atoms with Gasteiger partial charge in [-0.15, -0.1) is 10.2 Å². The maximum absolute atomic E-state index is 13.6. The second-order valence-corrected chi connectivity index (χ2v) is 10.1. The maximum atomic E-state index is 13.6. The number of benzene rings is 3. The van der Waals surface area contributed by atoms with Crippen molar-refractivity contribution in [2.24, 2.45) is 0 Å². The Kier molecular flexibility index (Phi) is 9.52. The van der Waals surface area contributed by atoms with Gasteiger partial charge in [0.1, 0.15) is 12.1 Å². The monoisotopic (exact) mass is 632 g/mol. The molecule has 0 aliphatic rings. The van der Waals surface area contributed by atoms with Gasteiger partial charge in [0.15, 0.2) is 5.15 Å². The number of aromatic nitrogens is 6. The molecule has 0 saturated carbocycles. The number of tetrazole rings is 1. The lowest BCUT2D eigenvalue weighted by atomic mass is 10.00. The van der Waals surface area contributed by atoms with E-state index in [-0.39, 0.29) is 17.4 Å². The predicted molar refractivity (Wildman–Crippen MR) is 163 cm³/mol. The van der Waals surface area contributed by atoms with E-state index >= 15 is 0 Å². The standard InChI is InChI=1S/C30H23Cl2FN8O3/c1-44-30(43)35-23-10-4-19(5-11-23)24-16-26(37-38-29(24)32)25(14-18-2-8-22(33)9-3-18)36-28(42)13-6-20-15-21(31)7-12-27(20)41-17-34-39-40-41/h2-13,15-17,25H,14H2,1H3,(H,35,43)(H,36,42)/t25-/m0/s1. The number of halogens is 3. The van der Waals surface area contributed by atoms with Crippen molar-refractivity contribution in [2.45, 2.75) is 12.5 Å². The number of carbonyl (C=O) groups is 2. The van der Waals surface area contributed by atoms with E-state index in [0.29, 0.717) is 38.8 Å². The molecule has 1 atom stereocenters. The van der Waals surface area contributed by atoms with Crippen molar-refractivity contribution in [1.82, 2.24) is 35.7 Å². The van der Waals surface area contributed by atoms with Gasteiger partial charge in [-0.3, -0.25) is 10.1 Å². The number of nitrogens with zero attached hydrogens (tertiary/aromatic N) is 6. The lowest BCUT2D eigenvalue weighted by molar-refractivity contribution is -0.117. The molecule has 5 rings (SSSR count). The molecule has 222 valence electrons. The van der Waals surface area contributed by atoms with Crippen molar-refractivity contribution in [3.05, 3.63) is 118 Å². The van der Waals surface area contributed by atoms with E-state index in [2.05, 4.69) is 41.1 Å². The van der Waals surface area contributed by atoms with Crippen LogP contribution in [0.15, 0.2) is 85.2 Å². The van der Waals surface area contributed by atoms with Gasteiger partial charge in [0.2, 0.25) is 5.91 Å². The van der Waals surface area contributed by atoms with Gasteiger partial charge >= 0.3 is 6.09 Å². The Morgan fingerprint density at radius 3 is 2.50 bits per heavy atom. The molecule has 0 fully saturated rings. The molecule has 0 aliphatic heterocycles. The van der Waals surface area contributed by atoms with Crippen LogP contribution in [0.4, 0.5) is 14.9 Å². The first kappa shape index (κ1) is 30.3. The number of amides is 2. The summed E-state index contributed by atoms with van der Waals surface area (Å²) in [7, 11) is 1.27. The first-order valence-corrected chi connectivity index (χ1v) is 13.8. The highest BCUT2D eigenvalue weighted by Gasteiger charge is 2.19. The summed E-state index contributed by atoms with van der Waals surface area (Å²) >= 11 is 12.6. The summed E-state index contributed by atoms with van der Waals surface area (Å²) in [5, 5.41) is 25.8. The molecule has 2 amide bonds. The van der Waals surface area contributed by atoms with Crippen molar-refractivity contribution in [3.8, 4) is 16.8 Å². The van der Waals surface area contributed by atoms with Crippen LogP contribution in [0.5, 0.6) is 0 Å². The van der Waals surface area contributed by atoms with E-state index in [0.717, 1.165) is 5.56 Å². The van der Waals surface area contributed by atoms with E-state index in [4.69, 9.17) is 23.2 Å². The Balaban J connectivity index is 1.43. The number of carbonyl (C=O) groups excluding carboxylic acids is 2. The van der Waals surface area contributed by atoms with Crippen LogP contribution in [0.25, 0.3) is 22.9 Å². The molecular formula is C30H23Cl2FN8O3. The largest absolute Gasteiger partial charge is 0.453 e. The van der Waals surface area contributed by atoms with Crippen LogP contribution < -0.4 is 10.6 Å². The molecule has 2 heterocycles.